The highest BCUT2D eigenvalue weighted by atomic mass is 16.5. The van der Waals surface area contributed by atoms with Crippen LogP contribution >= 0.6 is 0 Å². The summed E-state index contributed by atoms with van der Waals surface area (Å²) < 4.78 is 5.23. The van der Waals surface area contributed by atoms with Crippen LogP contribution in [0.25, 0.3) is 0 Å². The zero-order chi connectivity index (χ0) is 15.5. The average molecular weight is 302 g/mol. The molecule has 1 aromatic carbocycles. The van der Waals surface area contributed by atoms with Crippen LogP contribution in [0.5, 0.6) is 0 Å². The van der Waals surface area contributed by atoms with Gasteiger partial charge in [-0.2, -0.15) is 5.16 Å². The number of nitrogens with zero attached hydrogens (tertiary/aromatic N) is 1. The number of H-pyrrole nitrogens is 1. The molecule has 1 saturated heterocycles. The average Bonchev–Trinajstić information content (AvgIpc) is 2.94. The van der Waals surface area contributed by atoms with E-state index < -0.39 is 5.97 Å². The Hall–Kier alpha value is -2.34. The lowest BCUT2D eigenvalue weighted by atomic mass is 9.85. The van der Waals surface area contributed by atoms with Gasteiger partial charge in [-0.25, -0.2) is 0 Å². The molecule has 2 aromatic rings. The standard InChI is InChI=1S/C16H18N2O4/c19-15-9-14(22-17-15)12-6-7-18(10-16(20)21)13(8-12)11-4-2-1-3-5-11/h1-5,9,12-13H,6-8,10H2,(H,17,19)(H,20,21). The van der Waals surface area contributed by atoms with Gasteiger partial charge in [0.05, 0.1) is 6.54 Å². The van der Waals surface area contributed by atoms with E-state index in [-0.39, 0.29) is 24.1 Å². The second-order valence-corrected chi connectivity index (χ2v) is 5.63. The molecule has 0 spiro atoms. The van der Waals surface area contributed by atoms with Crippen LogP contribution < -0.4 is 5.56 Å². The Balaban J connectivity index is 1.85. The molecule has 3 rings (SSSR count). The lowest BCUT2D eigenvalue weighted by molar-refractivity contribution is -0.139. The predicted octanol–water partition coefficient (Wildman–Crippen LogP) is 1.97. The third kappa shape index (κ3) is 3.12. The fourth-order valence-corrected chi connectivity index (χ4v) is 3.16. The van der Waals surface area contributed by atoms with Crippen LogP contribution in [0.1, 0.15) is 36.1 Å². The number of aliphatic carboxylic acids is 1. The van der Waals surface area contributed by atoms with Crippen LogP contribution in [0, 0.1) is 0 Å². The molecule has 0 saturated carbocycles. The molecule has 22 heavy (non-hydrogen) atoms. The minimum absolute atomic E-state index is 0.0104. The second-order valence-electron chi connectivity index (χ2n) is 5.63. The minimum atomic E-state index is -0.826. The zero-order valence-electron chi connectivity index (χ0n) is 12.1. The fraction of sp³-hybridized carbons (Fsp3) is 0.375. The molecule has 6 nitrogen and oxygen atoms in total. The van der Waals surface area contributed by atoms with Crippen molar-refractivity contribution in [3.63, 3.8) is 0 Å². The first-order valence-corrected chi connectivity index (χ1v) is 7.32. The van der Waals surface area contributed by atoms with E-state index in [1.165, 1.54) is 6.07 Å². The van der Waals surface area contributed by atoms with Gasteiger partial charge in [-0.05, 0) is 18.4 Å². The van der Waals surface area contributed by atoms with Gasteiger partial charge in [-0.3, -0.25) is 14.5 Å². The summed E-state index contributed by atoms with van der Waals surface area (Å²) in [5.74, 6) is -0.0531. The Bertz CT molecular complexity index is 691. The highest BCUT2D eigenvalue weighted by Gasteiger charge is 2.32. The summed E-state index contributed by atoms with van der Waals surface area (Å²) in [6, 6.07) is 11.4. The second kappa shape index (κ2) is 6.19. The molecule has 0 bridgehead atoms. The van der Waals surface area contributed by atoms with Crippen molar-refractivity contribution >= 4 is 5.97 Å². The smallest absolute Gasteiger partial charge is 0.317 e. The molecule has 116 valence electrons. The van der Waals surface area contributed by atoms with Crippen molar-refractivity contribution in [2.75, 3.05) is 13.1 Å². The van der Waals surface area contributed by atoms with Gasteiger partial charge in [-0.15, -0.1) is 0 Å². The summed E-state index contributed by atoms with van der Waals surface area (Å²) in [4.78, 5) is 24.3. The van der Waals surface area contributed by atoms with Crippen LogP contribution in [0.15, 0.2) is 45.7 Å². The lowest BCUT2D eigenvalue weighted by Crippen LogP contribution is -2.39. The highest BCUT2D eigenvalue weighted by molar-refractivity contribution is 5.69. The van der Waals surface area contributed by atoms with Gasteiger partial charge in [0, 0.05) is 24.6 Å². The third-order valence-corrected chi connectivity index (χ3v) is 4.18. The van der Waals surface area contributed by atoms with E-state index in [1.54, 1.807) is 0 Å². The van der Waals surface area contributed by atoms with Crippen molar-refractivity contribution in [1.82, 2.24) is 10.1 Å². The fourth-order valence-electron chi connectivity index (χ4n) is 3.16. The van der Waals surface area contributed by atoms with Crippen LogP contribution in [-0.2, 0) is 4.79 Å². The number of aromatic amines is 1. The van der Waals surface area contributed by atoms with Crippen LogP contribution in [0.2, 0.25) is 0 Å². The molecule has 2 N–H and O–H groups in total. The monoisotopic (exact) mass is 302 g/mol. The predicted molar refractivity (Wildman–Crippen MR) is 79.7 cm³/mol. The van der Waals surface area contributed by atoms with E-state index in [0.717, 1.165) is 18.4 Å². The number of benzene rings is 1. The molecule has 0 aliphatic carbocycles. The molecule has 1 aliphatic heterocycles. The molecule has 0 radical (unpaired) electrons. The van der Waals surface area contributed by atoms with Crippen LogP contribution in [-0.4, -0.2) is 34.2 Å². The SMILES string of the molecule is O=C(O)CN1CCC(c2cc(=O)[nH]o2)CC1c1ccccc1. The van der Waals surface area contributed by atoms with Crippen molar-refractivity contribution in [2.45, 2.75) is 24.8 Å². The van der Waals surface area contributed by atoms with Gasteiger partial charge in [0.2, 0.25) is 0 Å². The first-order valence-electron chi connectivity index (χ1n) is 7.32. The van der Waals surface area contributed by atoms with E-state index in [4.69, 9.17) is 9.63 Å². The van der Waals surface area contributed by atoms with Gasteiger partial charge in [0.25, 0.3) is 5.56 Å². The number of piperidine rings is 1. The van der Waals surface area contributed by atoms with Crippen molar-refractivity contribution in [1.29, 1.82) is 0 Å². The zero-order valence-corrected chi connectivity index (χ0v) is 12.1. The Labute approximate surface area is 127 Å². The number of hydrogen-bond acceptors (Lipinski definition) is 4. The summed E-state index contributed by atoms with van der Waals surface area (Å²) in [5.41, 5.74) is 0.852. The van der Waals surface area contributed by atoms with Crippen molar-refractivity contribution in [2.24, 2.45) is 0 Å². The van der Waals surface area contributed by atoms with E-state index >= 15 is 0 Å². The maximum Gasteiger partial charge on any atom is 0.317 e. The summed E-state index contributed by atoms with van der Waals surface area (Å²) >= 11 is 0. The van der Waals surface area contributed by atoms with Crippen molar-refractivity contribution in [3.05, 3.63) is 58.1 Å². The van der Waals surface area contributed by atoms with E-state index in [1.807, 2.05) is 35.2 Å². The molecule has 1 fully saturated rings. The van der Waals surface area contributed by atoms with Gasteiger partial charge >= 0.3 is 5.97 Å². The van der Waals surface area contributed by atoms with E-state index in [9.17, 15) is 9.59 Å². The molecule has 2 unspecified atom stereocenters. The number of carboxylic acid groups (broad SMARTS) is 1. The Kier molecular flexibility index (Phi) is 4.11. The maximum absolute atomic E-state index is 11.3. The molecule has 6 heteroatoms. The molecular formula is C16H18N2O4. The minimum Gasteiger partial charge on any atom is -0.480 e. The van der Waals surface area contributed by atoms with Gasteiger partial charge < -0.3 is 9.63 Å². The number of carbonyl (C=O) groups is 1. The summed E-state index contributed by atoms with van der Waals surface area (Å²) in [7, 11) is 0. The normalized spacial score (nSPS) is 22.5. The largest absolute Gasteiger partial charge is 0.480 e. The number of likely N-dealkylation sites (tertiary alicyclic amines) is 1. The quantitative estimate of drug-likeness (QED) is 0.901. The molecular weight excluding hydrogens is 284 g/mol. The van der Waals surface area contributed by atoms with Gasteiger partial charge in [0.1, 0.15) is 5.76 Å². The Morgan fingerprint density at radius 3 is 2.77 bits per heavy atom. The number of aromatic nitrogens is 1. The number of rotatable bonds is 4. The molecule has 2 atom stereocenters. The maximum atomic E-state index is 11.3. The molecule has 0 amide bonds. The first-order chi connectivity index (χ1) is 10.6. The summed E-state index contributed by atoms with van der Waals surface area (Å²) in [6.45, 7) is 0.675. The van der Waals surface area contributed by atoms with Crippen LogP contribution in [0.4, 0.5) is 0 Å². The van der Waals surface area contributed by atoms with Crippen molar-refractivity contribution in [3.8, 4) is 0 Å². The number of carboxylic acids is 1. The summed E-state index contributed by atoms with van der Waals surface area (Å²) in [5, 5.41) is 11.4. The first kappa shape index (κ1) is 14.6. The van der Waals surface area contributed by atoms with Crippen molar-refractivity contribution < 1.29 is 14.4 Å². The molecule has 1 aromatic heterocycles. The summed E-state index contributed by atoms with van der Waals surface area (Å²) in [6.07, 6.45) is 1.51. The van der Waals surface area contributed by atoms with Gasteiger partial charge in [0.15, 0.2) is 0 Å². The lowest BCUT2D eigenvalue weighted by Gasteiger charge is -2.38. The van der Waals surface area contributed by atoms with E-state index in [2.05, 4.69) is 5.16 Å². The van der Waals surface area contributed by atoms with Gasteiger partial charge in [-0.1, -0.05) is 30.3 Å². The topological polar surface area (TPSA) is 86.5 Å². The highest BCUT2D eigenvalue weighted by Crippen LogP contribution is 2.38. The third-order valence-electron chi connectivity index (χ3n) is 4.18. The van der Waals surface area contributed by atoms with Crippen LogP contribution in [0.3, 0.4) is 0 Å². The molecule has 2 heterocycles. The number of nitrogens with one attached hydrogen (secondary N) is 1. The molecule has 1 aliphatic rings. The Morgan fingerprint density at radius 1 is 1.36 bits per heavy atom. The van der Waals surface area contributed by atoms with E-state index in [0.29, 0.717) is 12.3 Å². The number of hydrogen-bond donors (Lipinski definition) is 2. The Morgan fingerprint density at radius 2 is 2.14 bits per heavy atom.